The molecule has 1 saturated heterocycles. The Bertz CT molecular complexity index is 1190. The number of aliphatic imine (C=N–C) groups is 1. The van der Waals surface area contributed by atoms with Gasteiger partial charge in [-0.25, -0.2) is 0 Å². The summed E-state index contributed by atoms with van der Waals surface area (Å²) in [6.45, 7) is 6.06. The third-order valence-electron chi connectivity index (χ3n) is 7.92. The normalized spacial score (nSPS) is 16.9. The number of nitrogens with zero attached hydrogens (tertiary/aromatic N) is 1. The minimum Gasteiger partial charge on any atom is -0.480 e. The number of guanidine groups is 1. The molecule has 1 aliphatic rings. The molecular weight excluding hydrogens is 654 g/mol. The van der Waals surface area contributed by atoms with Crippen LogP contribution >= 0.6 is 0 Å². The Morgan fingerprint density at radius 2 is 1.30 bits per heavy atom. The van der Waals surface area contributed by atoms with Crippen LogP contribution < -0.4 is 54.8 Å². The Balaban J connectivity index is 3.24. The van der Waals surface area contributed by atoms with Crippen LogP contribution in [0.15, 0.2) is 4.99 Å². The summed E-state index contributed by atoms with van der Waals surface area (Å²) in [5, 5.41) is 25.2. The number of nitrogens with one attached hydrogen (secondary N) is 6. The fourth-order valence-electron chi connectivity index (χ4n) is 5.17. The standard InChI is InChI=1S/C31H57N11O8/c1-17(2)16-23(29(48)38-18(3)30(49)50)42-28(47)22(11-12-24(33)43)41-26(45)20(8-4-5-13-32)40-27(46)21(10-7-15-37-31(34)35)39-25(44)19-9-6-14-36-19/h17-23,36H,4-16,32H2,1-3H3,(H2,33,43)(H,38,48)(H,39,44)(H,40,46)(H,41,45)(H,42,47)(H,49,50)(H4,34,35,37)/t18-,19-,20-,21-,22-,23-/m0/s1. The van der Waals surface area contributed by atoms with E-state index in [1.165, 1.54) is 6.92 Å². The van der Waals surface area contributed by atoms with Crippen molar-refractivity contribution in [2.45, 2.75) is 121 Å². The van der Waals surface area contributed by atoms with Crippen molar-refractivity contribution in [2.75, 3.05) is 19.6 Å². The number of hydrogen-bond donors (Lipinski definition) is 11. The van der Waals surface area contributed by atoms with Gasteiger partial charge in [0.15, 0.2) is 5.96 Å². The van der Waals surface area contributed by atoms with Crippen LogP contribution in [0.1, 0.15) is 85.0 Å². The number of nitrogens with two attached hydrogens (primary N) is 4. The Kier molecular flexibility index (Phi) is 20.0. The van der Waals surface area contributed by atoms with Crippen LogP contribution in [0.5, 0.6) is 0 Å². The average Bonchev–Trinajstić information content (AvgIpc) is 3.58. The van der Waals surface area contributed by atoms with E-state index in [0.717, 1.165) is 6.42 Å². The molecule has 15 N–H and O–H groups in total. The van der Waals surface area contributed by atoms with E-state index in [4.69, 9.17) is 22.9 Å². The molecule has 0 aliphatic carbocycles. The molecule has 0 unspecified atom stereocenters. The zero-order valence-electron chi connectivity index (χ0n) is 29.3. The van der Waals surface area contributed by atoms with Crippen molar-refractivity contribution in [3.05, 3.63) is 0 Å². The molecule has 0 aromatic heterocycles. The van der Waals surface area contributed by atoms with Gasteiger partial charge in [0.1, 0.15) is 30.2 Å². The number of carboxylic acids is 1. The van der Waals surface area contributed by atoms with Gasteiger partial charge in [0, 0.05) is 13.0 Å². The van der Waals surface area contributed by atoms with Crippen LogP contribution in [0.2, 0.25) is 0 Å². The second kappa shape index (κ2) is 23.0. The second-order valence-corrected chi connectivity index (χ2v) is 12.8. The Morgan fingerprint density at radius 1 is 0.760 bits per heavy atom. The molecule has 6 amide bonds. The lowest BCUT2D eigenvalue weighted by Crippen LogP contribution is -2.59. The summed E-state index contributed by atoms with van der Waals surface area (Å²) in [6, 6.07) is -6.43. The van der Waals surface area contributed by atoms with Gasteiger partial charge < -0.3 is 59.9 Å². The van der Waals surface area contributed by atoms with Crippen LogP contribution in [0, 0.1) is 5.92 Å². The summed E-state index contributed by atoms with van der Waals surface area (Å²) in [5.41, 5.74) is 21.8. The Labute approximate surface area is 292 Å². The zero-order valence-corrected chi connectivity index (χ0v) is 29.3. The molecule has 19 nitrogen and oxygen atoms in total. The second-order valence-electron chi connectivity index (χ2n) is 12.8. The molecule has 1 fully saturated rings. The molecule has 1 heterocycles. The molecule has 284 valence electrons. The van der Waals surface area contributed by atoms with Crippen molar-refractivity contribution in [2.24, 2.45) is 33.8 Å². The third kappa shape index (κ3) is 17.2. The number of carbonyl (C=O) groups excluding carboxylic acids is 6. The van der Waals surface area contributed by atoms with Gasteiger partial charge in [-0.15, -0.1) is 0 Å². The lowest BCUT2D eigenvalue weighted by Gasteiger charge is -2.27. The molecule has 50 heavy (non-hydrogen) atoms. The number of primary amides is 1. The molecule has 1 rings (SSSR count). The fraction of sp³-hybridized carbons (Fsp3) is 0.742. The van der Waals surface area contributed by atoms with Gasteiger partial charge in [0.25, 0.3) is 0 Å². The maximum absolute atomic E-state index is 13.7. The van der Waals surface area contributed by atoms with E-state index in [1.54, 1.807) is 13.8 Å². The van der Waals surface area contributed by atoms with Crippen molar-refractivity contribution in [3.63, 3.8) is 0 Å². The SMILES string of the molecule is CC(C)C[C@H](NC(=O)[C@H](CCC(N)=O)NC(=O)[C@H](CCCCN)NC(=O)[C@H](CCCN=C(N)N)NC(=O)[C@@H]1CCCN1)C(=O)N[C@@H](C)C(=O)O. The number of carboxylic acid groups (broad SMARTS) is 1. The number of rotatable bonds is 24. The van der Waals surface area contributed by atoms with Crippen LogP contribution in [-0.4, -0.2) is 108 Å². The number of amides is 6. The lowest BCUT2D eigenvalue weighted by atomic mass is 10.0. The quantitative estimate of drug-likeness (QED) is 0.0267. The van der Waals surface area contributed by atoms with Gasteiger partial charge in [0.05, 0.1) is 6.04 Å². The predicted octanol–water partition coefficient (Wildman–Crippen LogP) is -3.24. The van der Waals surface area contributed by atoms with E-state index < -0.39 is 71.8 Å². The van der Waals surface area contributed by atoms with E-state index in [-0.39, 0.29) is 56.4 Å². The lowest BCUT2D eigenvalue weighted by molar-refractivity contribution is -0.142. The van der Waals surface area contributed by atoms with Gasteiger partial charge >= 0.3 is 5.97 Å². The van der Waals surface area contributed by atoms with Crippen LogP contribution in [0.3, 0.4) is 0 Å². The topological polar surface area (TPSA) is 328 Å². The molecule has 19 heteroatoms. The van der Waals surface area contributed by atoms with Crippen LogP contribution in [-0.2, 0) is 33.6 Å². The first kappa shape index (κ1) is 43.5. The maximum Gasteiger partial charge on any atom is 0.325 e. The highest BCUT2D eigenvalue weighted by atomic mass is 16.4. The molecular formula is C31H57N11O8. The van der Waals surface area contributed by atoms with E-state index in [2.05, 4.69) is 36.9 Å². The monoisotopic (exact) mass is 711 g/mol. The summed E-state index contributed by atoms with van der Waals surface area (Å²) in [7, 11) is 0. The molecule has 0 spiro atoms. The minimum absolute atomic E-state index is 0.0932. The Hall–Kier alpha value is -4.52. The Morgan fingerprint density at radius 3 is 1.80 bits per heavy atom. The summed E-state index contributed by atoms with van der Waals surface area (Å²) < 4.78 is 0. The fourth-order valence-corrected chi connectivity index (χ4v) is 5.17. The average molecular weight is 712 g/mol. The summed E-state index contributed by atoms with van der Waals surface area (Å²) in [5.74, 6) is -5.55. The van der Waals surface area contributed by atoms with Gasteiger partial charge in [-0.1, -0.05) is 13.8 Å². The highest BCUT2D eigenvalue weighted by Crippen LogP contribution is 2.11. The first-order valence-corrected chi connectivity index (χ1v) is 17.1. The van der Waals surface area contributed by atoms with E-state index >= 15 is 0 Å². The first-order chi connectivity index (χ1) is 23.5. The zero-order chi connectivity index (χ0) is 37.8. The summed E-state index contributed by atoms with van der Waals surface area (Å²) in [6.07, 6.45) is 2.61. The van der Waals surface area contributed by atoms with Crippen LogP contribution in [0.4, 0.5) is 0 Å². The summed E-state index contributed by atoms with van der Waals surface area (Å²) >= 11 is 0. The molecule has 1 aliphatic heterocycles. The number of hydrogen-bond acceptors (Lipinski definition) is 10. The number of aliphatic carboxylic acids is 1. The highest BCUT2D eigenvalue weighted by molar-refractivity contribution is 5.96. The molecule has 0 aromatic rings. The number of unbranched alkanes of at least 4 members (excludes halogenated alkanes) is 1. The van der Waals surface area contributed by atoms with Crippen molar-refractivity contribution in [3.8, 4) is 0 Å². The molecule has 0 saturated carbocycles. The molecule has 0 aromatic carbocycles. The number of carbonyl (C=O) groups is 7. The van der Waals surface area contributed by atoms with E-state index in [0.29, 0.717) is 38.8 Å². The van der Waals surface area contributed by atoms with Crippen molar-refractivity contribution in [1.82, 2.24) is 31.9 Å². The van der Waals surface area contributed by atoms with Gasteiger partial charge in [-0.05, 0) is 83.7 Å². The minimum atomic E-state index is -1.35. The van der Waals surface area contributed by atoms with Gasteiger partial charge in [-0.3, -0.25) is 38.6 Å². The third-order valence-corrected chi connectivity index (χ3v) is 7.92. The largest absolute Gasteiger partial charge is 0.480 e. The van der Waals surface area contributed by atoms with Gasteiger partial charge in [-0.2, -0.15) is 0 Å². The molecule has 0 bridgehead atoms. The van der Waals surface area contributed by atoms with E-state index in [1.807, 2.05) is 0 Å². The maximum atomic E-state index is 13.7. The molecule has 6 atom stereocenters. The van der Waals surface area contributed by atoms with Crippen molar-refractivity contribution >= 4 is 47.4 Å². The van der Waals surface area contributed by atoms with Crippen LogP contribution in [0.25, 0.3) is 0 Å². The first-order valence-electron chi connectivity index (χ1n) is 17.1. The predicted molar refractivity (Wildman–Crippen MR) is 185 cm³/mol. The van der Waals surface area contributed by atoms with Gasteiger partial charge in [0.2, 0.25) is 35.4 Å². The molecule has 0 radical (unpaired) electrons. The highest BCUT2D eigenvalue weighted by Gasteiger charge is 2.33. The van der Waals surface area contributed by atoms with E-state index in [9.17, 15) is 38.7 Å². The smallest absolute Gasteiger partial charge is 0.325 e. The van der Waals surface area contributed by atoms with Crippen molar-refractivity contribution in [1.29, 1.82) is 0 Å². The summed E-state index contributed by atoms with van der Waals surface area (Å²) in [4.78, 5) is 93.5. The van der Waals surface area contributed by atoms with Crippen molar-refractivity contribution < 1.29 is 38.7 Å².